The third kappa shape index (κ3) is 3.61. The average Bonchev–Trinajstić information content (AvgIpc) is 2.17. The van der Waals surface area contributed by atoms with E-state index < -0.39 is 6.10 Å². The molecule has 1 N–H and O–H groups in total. The summed E-state index contributed by atoms with van der Waals surface area (Å²) in [6, 6.07) is 2.02. The highest BCUT2D eigenvalue weighted by molar-refractivity contribution is 5.24. The van der Waals surface area contributed by atoms with Crippen LogP contribution in [-0.2, 0) is 4.74 Å². The van der Waals surface area contributed by atoms with Gasteiger partial charge in [-0.2, -0.15) is 0 Å². The number of nitrogens with zero attached hydrogens (tertiary/aromatic N) is 1. The van der Waals surface area contributed by atoms with Crippen molar-refractivity contribution in [2.24, 2.45) is 0 Å². The standard InChI is InChI=1S/C12H19NO2/c1-4-5-15-8-11(14)12-10(3)6-9(2)7-13-12/h6-7,11,14H,4-5,8H2,1-3H3. The van der Waals surface area contributed by atoms with E-state index in [1.165, 1.54) is 0 Å². The first kappa shape index (κ1) is 12.1. The minimum absolute atomic E-state index is 0.324. The fourth-order valence-electron chi connectivity index (χ4n) is 1.49. The number of ether oxygens (including phenoxy) is 1. The second kappa shape index (κ2) is 5.83. The first-order chi connectivity index (χ1) is 7.15. The molecule has 1 atom stereocenters. The number of hydrogen-bond acceptors (Lipinski definition) is 3. The minimum atomic E-state index is -0.614. The van der Waals surface area contributed by atoms with E-state index in [9.17, 15) is 5.11 Å². The number of rotatable bonds is 5. The fourth-order valence-corrected chi connectivity index (χ4v) is 1.49. The van der Waals surface area contributed by atoms with Crippen molar-refractivity contribution in [2.75, 3.05) is 13.2 Å². The summed E-state index contributed by atoms with van der Waals surface area (Å²) in [6.07, 6.45) is 2.12. The highest BCUT2D eigenvalue weighted by Gasteiger charge is 2.11. The third-order valence-corrected chi connectivity index (χ3v) is 2.20. The molecule has 0 aromatic carbocycles. The molecule has 84 valence electrons. The van der Waals surface area contributed by atoms with Gasteiger partial charge in [-0.15, -0.1) is 0 Å². The molecule has 1 rings (SSSR count). The van der Waals surface area contributed by atoms with Gasteiger partial charge in [0.05, 0.1) is 12.3 Å². The second-order valence-electron chi connectivity index (χ2n) is 3.81. The lowest BCUT2D eigenvalue weighted by Crippen LogP contribution is -2.11. The summed E-state index contributed by atoms with van der Waals surface area (Å²) in [7, 11) is 0. The molecule has 0 radical (unpaired) electrons. The summed E-state index contributed by atoms with van der Waals surface area (Å²) in [5, 5.41) is 9.83. The molecule has 0 aliphatic heterocycles. The zero-order valence-corrected chi connectivity index (χ0v) is 9.66. The summed E-state index contributed by atoms with van der Waals surface area (Å²) < 4.78 is 5.29. The lowest BCUT2D eigenvalue weighted by atomic mass is 10.1. The van der Waals surface area contributed by atoms with Crippen LogP contribution in [0.3, 0.4) is 0 Å². The van der Waals surface area contributed by atoms with Gasteiger partial charge >= 0.3 is 0 Å². The van der Waals surface area contributed by atoms with Crippen LogP contribution in [-0.4, -0.2) is 23.3 Å². The number of pyridine rings is 1. The predicted molar refractivity (Wildman–Crippen MR) is 59.8 cm³/mol. The largest absolute Gasteiger partial charge is 0.384 e. The maximum atomic E-state index is 9.83. The maximum absolute atomic E-state index is 9.83. The molecule has 3 nitrogen and oxygen atoms in total. The molecule has 0 saturated heterocycles. The Kier molecular flexibility index (Phi) is 4.72. The third-order valence-electron chi connectivity index (χ3n) is 2.20. The molecule has 1 aromatic rings. The van der Waals surface area contributed by atoms with Gasteiger partial charge in [0.25, 0.3) is 0 Å². The highest BCUT2D eigenvalue weighted by atomic mass is 16.5. The van der Waals surface area contributed by atoms with Crippen molar-refractivity contribution in [3.63, 3.8) is 0 Å². The Morgan fingerprint density at radius 1 is 1.47 bits per heavy atom. The van der Waals surface area contributed by atoms with Crippen molar-refractivity contribution in [2.45, 2.75) is 33.3 Å². The normalized spacial score (nSPS) is 12.8. The van der Waals surface area contributed by atoms with Crippen LogP contribution in [0.1, 0.15) is 36.3 Å². The van der Waals surface area contributed by atoms with E-state index in [1.807, 2.05) is 26.8 Å². The summed E-state index contributed by atoms with van der Waals surface area (Å²) in [6.45, 7) is 7.00. The predicted octanol–water partition coefficient (Wildman–Crippen LogP) is 2.16. The van der Waals surface area contributed by atoms with Gasteiger partial charge in [0.15, 0.2) is 0 Å². The first-order valence-corrected chi connectivity index (χ1v) is 5.34. The molecule has 0 amide bonds. The highest BCUT2D eigenvalue weighted by Crippen LogP contribution is 2.16. The van der Waals surface area contributed by atoms with E-state index in [4.69, 9.17) is 4.74 Å². The van der Waals surface area contributed by atoms with Crippen molar-refractivity contribution in [3.05, 3.63) is 29.1 Å². The lowest BCUT2D eigenvalue weighted by Gasteiger charge is -2.13. The number of aryl methyl sites for hydroxylation is 2. The van der Waals surface area contributed by atoms with E-state index in [2.05, 4.69) is 4.98 Å². The number of aliphatic hydroxyl groups is 1. The average molecular weight is 209 g/mol. The quantitative estimate of drug-likeness (QED) is 0.756. The molecule has 3 heteroatoms. The van der Waals surface area contributed by atoms with Crippen molar-refractivity contribution in [1.29, 1.82) is 0 Å². The van der Waals surface area contributed by atoms with E-state index >= 15 is 0 Å². The molecule has 0 aliphatic carbocycles. The molecule has 0 spiro atoms. The second-order valence-corrected chi connectivity index (χ2v) is 3.81. The van der Waals surface area contributed by atoms with Crippen molar-refractivity contribution in [1.82, 2.24) is 4.98 Å². The van der Waals surface area contributed by atoms with Crippen LogP contribution in [0.2, 0.25) is 0 Å². The van der Waals surface area contributed by atoms with Crippen LogP contribution in [0.5, 0.6) is 0 Å². The van der Waals surface area contributed by atoms with Crippen LogP contribution < -0.4 is 0 Å². The van der Waals surface area contributed by atoms with Gasteiger partial charge < -0.3 is 9.84 Å². The maximum Gasteiger partial charge on any atom is 0.119 e. The van der Waals surface area contributed by atoms with Gasteiger partial charge in [-0.05, 0) is 31.4 Å². The monoisotopic (exact) mass is 209 g/mol. The first-order valence-electron chi connectivity index (χ1n) is 5.34. The topological polar surface area (TPSA) is 42.4 Å². The SMILES string of the molecule is CCCOCC(O)c1ncc(C)cc1C. The van der Waals surface area contributed by atoms with Gasteiger partial charge in [0.1, 0.15) is 6.10 Å². The summed E-state index contributed by atoms with van der Waals surface area (Å²) in [5.41, 5.74) is 2.84. The Balaban J connectivity index is 2.61. The molecule has 1 unspecified atom stereocenters. The van der Waals surface area contributed by atoms with Gasteiger partial charge in [-0.1, -0.05) is 13.0 Å². The van der Waals surface area contributed by atoms with Crippen LogP contribution in [0.25, 0.3) is 0 Å². The molecular formula is C12H19NO2. The molecule has 1 heterocycles. The minimum Gasteiger partial charge on any atom is -0.384 e. The van der Waals surface area contributed by atoms with Gasteiger partial charge in [0, 0.05) is 12.8 Å². The molecule has 1 aromatic heterocycles. The van der Waals surface area contributed by atoms with Crippen molar-refractivity contribution < 1.29 is 9.84 Å². The smallest absolute Gasteiger partial charge is 0.119 e. The zero-order valence-electron chi connectivity index (χ0n) is 9.66. The van der Waals surface area contributed by atoms with Gasteiger partial charge in [-0.3, -0.25) is 4.98 Å². The van der Waals surface area contributed by atoms with Crippen LogP contribution in [0.4, 0.5) is 0 Å². The Hall–Kier alpha value is -0.930. The van der Waals surface area contributed by atoms with Crippen LogP contribution in [0.15, 0.2) is 12.3 Å². The van der Waals surface area contributed by atoms with Crippen LogP contribution in [0, 0.1) is 13.8 Å². The Morgan fingerprint density at radius 3 is 2.80 bits per heavy atom. The molecule has 0 saturated carbocycles. The van der Waals surface area contributed by atoms with E-state index in [0.717, 1.165) is 23.2 Å². The Bertz CT molecular complexity index is 312. The Morgan fingerprint density at radius 2 is 2.20 bits per heavy atom. The van der Waals surface area contributed by atoms with E-state index in [0.29, 0.717) is 13.2 Å². The van der Waals surface area contributed by atoms with Gasteiger partial charge in [0.2, 0.25) is 0 Å². The summed E-state index contributed by atoms with van der Waals surface area (Å²) in [5.74, 6) is 0. The number of aliphatic hydroxyl groups excluding tert-OH is 1. The van der Waals surface area contributed by atoms with Crippen LogP contribution >= 0.6 is 0 Å². The summed E-state index contributed by atoms with van der Waals surface area (Å²) >= 11 is 0. The summed E-state index contributed by atoms with van der Waals surface area (Å²) in [4.78, 5) is 4.23. The molecular weight excluding hydrogens is 190 g/mol. The fraction of sp³-hybridized carbons (Fsp3) is 0.583. The molecule has 15 heavy (non-hydrogen) atoms. The zero-order chi connectivity index (χ0) is 11.3. The molecule has 0 fully saturated rings. The van der Waals surface area contributed by atoms with E-state index in [-0.39, 0.29) is 0 Å². The molecule has 0 aliphatic rings. The van der Waals surface area contributed by atoms with Gasteiger partial charge in [-0.25, -0.2) is 0 Å². The van der Waals surface area contributed by atoms with Crippen molar-refractivity contribution >= 4 is 0 Å². The Labute approximate surface area is 91.1 Å². The lowest BCUT2D eigenvalue weighted by molar-refractivity contribution is 0.0339. The van der Waals surface area contributed by atoms with Crippen molar-refractivity contribution in [3.8, 4) is 0 Å². The van der Waals surface area contributed by atoms with E-state index in [1.54, 1.807) is 6.20 Å². The molecule has 0 bridgehead atoms. The number of hydrogen-bond donors (Lipinski definition) is 1. The number of aromatic nitrogens is 1.